The van der Waals surface area contributed by atoms with Crippen LogP contribution < -0.4 is 4.90 Å². The van der Waals surface area contributed by atoms with E-state index >= 15 is 0 Å². The lowest BCUT2D eigenvalue weighted by atomic mass is 10.2. The summed E-state index contributed by atoms with van der Waals surface area (Å²) in [4.78, 5) is 6.67. The second-order valence-electron chi connectivity index (χ2n) is 4.99. The highest BCUT2D eigenvalue weighted by Crippen LogP contribution is 2.33. The molecule has 3 aromatic rings. The average Bonchev–Trinajstić information content (AvgIpc) is 3.22. The van der Waals surface area contributed by atoms with Crippen LogP contribution in [-0.4, -0.2) is 31.2 Å². The van der Waals surface area contributed by atoms with Gasteiger partial charge in [-0.05, 0) is 12.8 Å². The number of halogens is 1. The van der Waals surface area contributed by atoms with E-state index in [2.05, 4.69) is 18.6 Å². The summed E-state index contributed by atoms with van der Waals surface area (Å²) in [6.07, 6.45) is 2.25. The minimum Gasteiger partial charge on any atom is -0.354 e. The third-order valence-corrected chi connectivity index (χ3v) is 4.69. The van der Waals surface area contributed by atoms with Gasteiger partial charge in [0.05, 0.1) is 11.7 Å². The molecule has 0 aromatic carbocycles. The topological polar surface area (TPSA) is 93.9 Å². The summed E-state index contributed by atoms with van der Waals surface area (Å²) in [5.41, 5.74) is 1.86. The zero-order chi connectivity index (χ0) is 15.3. The van der Waals surface area contributed by atoms with E-state index in [1.807, 2.05) is 12.1 Å². The van der Waals surface area contributed by atoms with Gasteiger partial charge >= 0.3 is 0 Å². The minimum atomic E-state index is 0.139. The van der Waals surface area contributed by atoms with E-state index < -0.39 is 0 Å². The molecule has 1 saturated heterocycles. The molecule has 0 saturated carbocycles. The van der Waals surface area contributed by atoms with Crippen LogP contribution in [0.5, 0.6) is 0 Å². The second kappa shape index (κ2) is 4.80. The smallest absolute Gasteiger partial charge is 0.183 e. The normalized spacial score (nSPS) is 14.6. The summed E-state index contributed by atoms with van der Waals surface area (Å²) in [5, 5.41) is 18.7. The molecule has 108 valence electrons. The van der Waals surface area contributed by atoms with Crippen molar-refractivity contribution >= 4 is 46.0 Å². The maximum atomic E-state index is 9.31. The van der Waals surface area contributed by atoms with Crippen molar-refractivity contribution in [3.8, 4) is 12.1 Å². The van der Waals surface area contributed by atoms with E-state index in [1.165, 1.54) is 0 Å². The Kier molecular flexibility index (Phi) is 2.89. The quantitative estimate of drug-likeness (QED) is 0.680. The molecule has 0 bridgehead atoms. The number of aromatic nitrogens is 4. The molecule has 4 rings (SSSR count). The molecule has 4 heterocycles. The van der Waals surface area contributed by atoms with Gasteiger partial charge in [0, 0.05) is 13.1 Å². The van der Waals surface area contributed by atoms with Crippen LogP contribution >= 0.6 is 23.3 Å². The SMILES string of the molecule is N#Cc1c(C#N)c2nc3c(N4CCCC4)nsnc3n2c1Cl. The summed E-state index contributed by atoms with van der Waals surface area (Å²) < 4.78 is 10.2. The Bertz CT molecular complexity index is 984. The first kappa shape index (κ1) is 13.3. The number of hydrogen-bond acceptors (Lipinski definition) is 7. The lowest BCUT2D eigenvalue weighted by Gasteiger charge is -2.15. The first-order valence-corrected chi connectivity index (χ1v) is 7.78. The monoisotopic (exact) mass is 329 g/mol. The van der Waals surface area contributed by atoms with Gasteiger partial charge < -0.3 is 4.90 Å². The maximum Gasteiger partial charge on any atom is 0.183 e. The van der Waals surface area contributed by atoms with E-state index in [0.717, 1.165) is 43.5 Å². The van der Waals surface area contributed by atoms with Crippen LogP contribution in [0.2, 0.25) is 5.15 Å². The molecule has 7 nitrogen and oxygen atoms in total. The number of anilines is 1. The van der Waals surface area contributed by atoms with Crippen LogP contribution in [0.3, 0.4) is 0 Å². The van der Waals surface area contributed by atoms with E-state index in [9.17, 15) is 10.5 Å². The van der Waals surface area contributed by atoms with Gasteiger partial charge in [0.1, 0.15) is 28.4 Å². The highest BCUT2D eigenvalue weighted by molar-refractivity contribution is 6.99. The summed E-state index contributed by atoms with van der Waals surface area (Å²) in [6.45, 7) is 1.87. The number of imidazole rings is 1. The standard InChI is InChI=1S/C13H8ClN7S/c14-10-7(5-15)8(6-16)11-17-9-12(20-3-1-2-4-20)18-22-19-13(9)21(10)11/h1-4H2. The Labute approximate surface area is 134 Å². The molecule has 0 aliphatic carbocycles. The number of nitriles is 2. The lowest BCUT2D eigenvalue weighted by Crippen LogP contribution is -2.19. The summed E-state index contributed by atoms with van der Waals surface area (Å²) >= 11 is 7.33. The third-order valence-electron chi connectivity index (χ3n) is 3.82. The van der Waals surface area contributed by atoms with E-state index in [4.69, 9.17) is 11.6 Å². The Morgan fingerprint density at radius 2 is 1.77 bits per heavy atom. The zero-order valence-corrected chi connectivity index (χ0v) is 12.8. The number of hydrogen-bond donors (Lipinski definition) is 0. The summed E-state index contributed by atoms with van der Waals surface area (Å²) in [6, 6.07) is 3.97. The van der Waals surface area contributed by atoms with Crippen molar-refractivity contribution in [2.45, 2.75) is 12.8 Å². The maximum absolute atomic E-state index is 9.31. The van der Waals surface area contributed by atoms with Crippen LogP contribution in [0.25, 0.3) is 16.8 Å². The predicted molar refractivity (Wildman–Crippen MR) is 82.1 cm³/mol. The molecular weight excluding hydrogens is 322 g/mol. The van der Waals surface area contributed by atoms with Crippen molar-refractivity contribution < 1.29 is 0 Å². The largest absolute Gasteiger partial charge is 0.354 e. The molecule has 0 atom stereocenters. The van der Waals surface area contributed by atoms with Gasteiger partial charge in [-0.1, -0.05) is 11.6 Å². The van der Waals surface area contributed by atoms with Gasteiger partial charge in [-0.2, -0.15) is 19.3 Å². The fourth-order valence-corrected chi connectivity index (χ4v) is 3.67. The van der Waals surface area contributed by atoms with Crippen LogP contribution in [0.15, 0.2) is 0 Å². The van der Waals surface area contributed by atoms with Crippen molar-refractivity contribution in [1.82, 2.24) is 18.1 Å². The van der Waals surface area contributed by atoms with Gasteiger partial charge in [0.25, 0.3) is 0 Å². The number of rotatable bonds is 1. The molecule has 0 radical (unpaired) electrons. The zero-order valence-electron chi connectivity index (χ0n) is 11.2. The highest BCUT2D eigenvalue weighted by Gasteiger charge is 2.26. The molecule has 0 unspecified atom stereocenters. The molecule has 0 spiro atoms. The minimum absolute atomic E-state index is 0.139. The molecule has 22 heavy (non-hydrogen) atoms. The van der Waals surface area contributed by atoms with Crippen molar-refractivity contribution in [2.24, 2.45) is 0 Å². The molecule has 1 aliphatic rings. The lowest BCUT2D eigenvalue weighted by molar-refractivity contribution is 0.949. The van der Waals surface area contributed by atoms with Gasteiger partial charge in [-0.15, -0.1) is 0 Å². The highest BCUT2D eigenvalue weighted by atomic mass is 35.5. The molecule has 1 fully saturated rings. The van der Waals surface area contributed by atoms with Crippen LogP contribution in [0.1, 0.15) is 24.0 Å². The second-order valence-corrected chi connectivity index (χ2v) is 5.88. The Balaban J connectivity index is 2.10. The molecule has 1 aliphatic heterocycles. The van der Waals surface area contributed by atoms with Crippen LogP contribution in [-0.2, 0) is 0 Å². The van der Waals surface area contributed by atoms with Crippen molar-refractivity contribution in [1.29, 1.82) is 10.5 Å². The van der Waals surface area contributed by atoms with E-state index in [-0.39, 0.29) is 16.3 Å². The van der Waals surface area contributed by atoms with E-state index in [1.54, 1.807) is 4.40 Å². The van der Waals surface area contributed by atoms with Crippen molar-refractivity contribution in [2.75, 3.05) is 18.0 Å². The summed E-state index contributed by atoms with van der Waals surface area (Å²) in [7, 11) is 0. The molecule has 3 aromatic heterocycles. The van der Waals surface area contributed by atoms with Gasteiger partial charge in [0.15, 0.2) is 22.6 Å². The van der Waals surface area contributed by atoms with Gasteiger partial charge in [-0.3, -0.25) is 4.40 Å². The molecule has 0 amide bonds. The molecule has 9 heteroatoms. The van der Waals surface area contributed by atoms with Crippen molar-refractivity contribution in [3.05, 3.63) is 16.3 Å². The Morgan fingerprint density at radius 1 is 1.05 bits per heavy atom. The summed E-state index contributed by atoms with van der Waals surface area (Å²) in [5.74, 6) is 0.773. The molecule has 0 N–H and O–H groups in total. The molecular formula is C13H8ClN7S. The van der Waals surface area contributed by atoms with Crippen molar-refractivity contribution in [3.63, 3.8) is 0 Å². The Morgan fingerprint density at radius 3 is 2.45 bits per heavy atom. The number of nitrogens with zero attached hydrogens (tertiary/aromatic N) is 7. The predicted octanol–water partition coefficient (Wildman–Crippen LogP) is 2.34. The first-order valence-electron chi connectivity index (χ1n) is 6.67. The number of fused-ring (bicyclic) bond motifs is 3. The fourth-order valence-electron chi connectivity index (χ4n) is 2.81. The van der Waals surface area contributed by atoms with E-state index in [0.29, 0.717) is 16.8 Å². The van der Waals surface area contributed by atoms with Crippen LogP contribution in [0, 0.1) is 22.7 Å². The first-order chi connectivity index (χ1) is 10.8. The van der Waals surface area contributed by atoms with Gasteiger partial charge in [-0.25, -0.2) is 4.98 Å². The third kappa shape index (κ3) is 1.62. The fraction of sp³-hybridized carbons (Fsp3) is 0.308. The van der Waals surface area contributed by atoms with Crippen LogP contribution in [0.4, 0.5) is 5.82 Å². The Hall–Kier alpha value is -2.42. The average molecular weight is 330 g/mol. The van der Waals surface area contributed by atoms with Gasteiger partial charge in [0.2, 0.25) is 0 Å².